The zero-order valence-electron chi connectivity index (χ0n) is 9.92. The molecule has 0 amide bonds. The van der Waals surface area contributed by atoms with E-state index in [1.165, 1.54) is 5.56 Å². The molecule has 0 heterocycles. The summed E-state index contributed by atoms with van der Waals surface area (Å²) in [5.41, 5.74) is 2.29. The summed E-state index contributed by atoms with van der Waals surface area (Å²) in [4.78, 5) is 0. The number of nitrogens with zero attached hydrogens (tertiary/aromatic N) is 1. The lowest BCUT2D eigenvalue weighted by molar-refractivity contribution is 0.496. The molecule has 0 radical (unpaired) electrons. The zero-order valence-corrected chi connectivity index (χ0v) is 11.5. The molecule has 1 unspecified atom stereocenters. The van der Waals surface area contributed by atoms with Gasteiger partial charge >= 0.3 is 0 Å². The molecule has 0 fully saturated rings. The van der Waals surface area contributed by atoms with Crippen molar-refractivity contribution < 1.29 is 0 Å². The fourth-order valence-electron chi connectivity index (χ4n) is 1.48. The SMILES string of the molecule is Cc1cc(Br)ccc1NCC(C#N)C(C)C. The average molecular weight is 281 g/mol. The third-order valence-electron chi connectivity index (χ3n) is 2.67. The van der Waals surface area contributed by atoms with Gasteiger partial charge in [-0.05, 0) is 36.6 Å². The number of nitriles is 1. The number of halogens is 1. The van der Waals surface area contributed by atoms with Crippen molar-refractivity contribution in [1.82, 2.24) is 0 Å². The summed E-state index contributed by atoms with van der Waals surface area (Å²) in [6.45, 7) is 6.91. The molecule has 1 N–H and O–H groups in total. The van der Waals surface area contributed by atoms with Gasteiger partial charge in [0, 0.05) is 16.7 Å². The minimum absolute atomic E-state index is 0.0584. The van der Waals surface area contributed by atoms with E-state index in [4.69, 9.17) is 5.26 Å². The van der Waals surface area contributed by atoms with Gasteiger partial charge in [-0.1, -0.05) is 29.8 Å². The van der Waals surface area contributed by atoms with Crippen molar-refractivity contribution in [2.75, 3.05) is 11.9 Å². The summed E-state index contributed by atoms with van der Waals surface area (Å²) in [5, 5.41) is 12.3. The Labute approximate surface area is 106 Å². The van der Waals surface area contributed by atoms with Gasteiger partial charge in [0.25, 0.3) is 0 Å². The van der Waals surface area contributed by atoms with Crippen molar-refractivity contribution in [2.24, 2.45) is 11.8 Å². The molecule has 0 aliphatic carbocycles. The van der Waals surface area contributed by atoms with Crippen LogP contribution in [0.25, 0.3) is 0 Å². The predicted octanol–water partition coefficient (Wildman–Crippen LogP) is 3.97. The zero-order chi connectivity index (χ0) is 12.1. The molecule has 1 atom stereocenters. The minimum Gasteiger partial charge on any atom is -0.384 e. The van der Waals surface area contributed by atoms with Crippen molar-refractivity contribution in [1.29, 1.82) is 5.26 Å². The maximum absolute atomic E-state index is 8.99. The second-order valence-electron chi connectivity index (χ2n) is 4.32. The van der Waals surface area contributed by atoms with Crippen molar-refractivity contribution in [2.45, 2.75) is 20.8 Å². The van der Waals surface area contributed by atoms with E-state index in [-0.39, 0.29) is 5.92 Å². The summed E-state index contributed by atoms with van der Waals surface area (Å²) < 4.78 is 1.08. The first kappa shape index (κ1) is 13.1. The minimum atomic E-state index is 0.0584. The lowest BCUT2D eigenvalue weighted by Gasteiger charge is -2.16. The number of hydrogen-bond donors (Lipinski definition) is 1. The average Bonchev–Trinajstić information content (AvgIpc) is 2.21. The van der Waals surface area contributed by atoms with E-state index in [9.17, 15) is 0 Å². The van der Waals surface area contributed by atoms with Crippen LogP contribution < -0.4 is 5.32 Å². The molecule has 0 aromatic heterocycles. The van der Waals surface area contributed by atoms with E-state index in [1.54, 1.807) is 0 Å². The highest BCUT2D eigenvalue weighted by molar-refractivity contribution is 9.10. The predicted molar refractivity (Wildman–Crippen MR) is 71.3 cm³/mol. The second kappa shape index (κ2) is 5.91. The van der Waals surface area contributed by atoms with Gasteiger partial charge in [-0.2, -0.15) is 5.26 Å². The van der Waals surface area contributed by atoms with Crippen molar-refractivity contribution >= 4 is 21.6 Å². The first-order chi connectivity index (χ1) is 7.54. The van der Waals surface area contributed by atoms with Gasteiger partial charge in [-0.3, -0.25) is 0 Å². The van der Waals surface area contributed by atoms with Gasteiger partial charge in [-0.25, -0.2) is 0 Å². The highest BCUT2D eigenvalue weighted by atomic mass is 79.9. The van der Waals surface area contributed by atoms with E-state index in [0.717, 1.165) is 10.2 Å². The molecule has 0 aliphatic rings. The summed E-state index contributed by atoms with van der Waals surface area (Å²) in [6, 6.07) is 8.44. The molecule has 86 valence electrons. The Morgan fingerprint density at radius 3 is 2.62 bits per heavy atom. The van der Waals surface area contributed by atoms with Crippen molar-refractivity contribution in [3.05, 3.63) is 28.2 Å². The van der Waals surface area contributed by atoms with Crippen LogP contribution in [0.2, 0.25) is 0 Å². The van der Waals surface area contributed by atoms with Crippen LogP contribution in [0, 0.1) is 30.1 Å². The van der Waals surface area contributed by atoms with Crippen LogP contribution in [-0.2, 0) is 0 Å². The summed E-state index contributed by atoms with van der Waals surface area (Å²) in [5.74, 6) is 0.441. The fraction of sp³-hybridized carbons (Fsp3) is 0.462. The Morgan fingerprint density at radius 1 is 1.44 bits per heavy atom. The number of benzene rings is 1. The largest absolute Gasteiger partial charge is 0.384 e. The van der Waals surface area contributed by atoms with Gasteiger partial charge < -0.3 is 5.32 Å². The van der Waals surface area contributed by atoms with Crippen LogP contribution in [0.15, 0.2) is 22.7 Å². The monoisotopic (exact) mass is 280 g/mol. The molecule has 1 aromatic rings. The first-order valence-corrected chi connectivity index (χ1v) is 6.23. The van der Waals surface area contributed by atoms with E-state index in [0.29, 0.717) is 12.5 Å². The Bertz CT molecular complexity index is 393. The number of nitrogens with one attached hydrogen (secondary N) is 1. The second-order valence-corrected chi connectivity index (χ2v) is 5.24. The maximum atomic E-state index is 8.99. The van der Waals surface area contributed by atoms with Gasteiger partial charge in [0.2, 0.25) is 0 Å². The van der Waals surface area contributed by atoms with Gasteiger partial charge in [-0.15, -0.1) is 0 Å². The number of anilines is 1. The van der Waals surface area contributed by atoms with Gasteiger partial charge in [0.15, 0.2) is 0 Å². The standard InChI is InChI=1S/C13H17BrN2/c1-9(2)11(7-15)8-16-13-5-4-12(14)6-10(13)3/h4-6,9,11,16H,8H2,1-3H3. The molecule has 16 heavy (non-hydrogen) atoms. The fourth-order valence-corrected chi connectivity index (χ4v) is 1.95. The number of aryl methyl sites for hydroxylation is 1. The molecule has 1 rings (SSSR count). The van der Waals surface area contributed by atoms with Crippen LogP contribution >= 0.6 is 15.9 Å². The van der Waals surface area contributed by atoms with Crippen LogP contribution in [0.4, 0.5) is 5.69 Å². The van der Waals surface area contributed by atoms with Crippen LogP contribution in [-0.4, -0.2) is 6.54 Å². The Balaban J connectivity index is 2.64. The van der Waals surface area contributed by atoms with Crippen molar-refractivity contribution in [3.8, 4) is 6.07 Å². The van der Waals surface area contributed by atoms with Crippen LogP contribution in [0.1, 0.15) is 19.4 Å². The highest BCUT2D eigenvalue weighted by Crippen LogP contribution is 2.21. The Hall–Kier alpha value is -1.01. The quantitative estimate of drug-likeness (QED) is 0.906. The Kier molecular flexibility index (Phi) is 4.82. The van der Waals surface area contributed by atoms with Crippen molar-refractivity contribution in [3.63, 3.8) is 0 Å². The van der Waals surface area contributed by atoms with Gasteiger partial charge in [0.1, 0.15) is 0 Å². The number of rotatable bonds is 4. The van der Waals surface area contributed by atoms with E-state index >= 15 is 0 Å². The molecule has 1 aromatic carbocycles. The lowest BCUT2D eigenvalue weighted by Crippen LogP contribution is -2.18. The summed E-state index contributed by atoms with van der Waals surface area (Å²) in [6.07, 6.45) is 0. The molecule has 3 heteroatoms. The highest BCUT2D eigenvalue weighted by Gasteiger charge is 2.12. The van der Waals surface area contributed by atoms with Crippen LogP contribution in [0.5, 0.6) is 0 Å². The first-order valence-electron chi connectivity index (χ1n) is 5.44. The molecule has 0 saturated carbocycles. The molecular weight excluding hydrogens is 264 g/mol. The topological polar surface area (TPSA) is 35.8 Å². The van der Waals surface area contributed by atoms with E-state index in [2.05, 4.69) is 54.2 Å². The normalized spacial score (nSPS) is 12.2. The Morgan fingerprint density at radius 2 is 2.12 bits per heavy atom. The third kappa shape index (κ3) is 3.53. The van der Waals surface area contributed by atoms with Gasteiger partial charge in [0.05, 0.1) is 12.0 Å². The molecule has 2 nitrogen and oxygen atoms in total. The number of hydrogen-bond acceptors (Lipinski definition) is 2. The maximum Gasteiger partial charge on any atom is 0.0677 e. The van der Waals surface area contributed by atoms with Crippen LogP contribution in [0.3, 0.4) is 0 Å². The van der Waals surface area contributed by atoms with E-state index < -0.39 is 0 Å². The van der Waals surface area contributed by atoms with E-state index in [1.807, 2.05) is 12.1 Å². The smallest absolute Gasteiger partial charge is 0.0677 e. The molecule has 0 saturated heterocycles. The molecular formula is C13H17BrN2. The molecule has 0 bridgehead atoms. The summed E-state index contributed by atoms with van der Waals surface area (Å²) >= 11 is 3.43. The lowest BCUT2D eigenvalue weighted by atomic mass is 9.97. The third-order valence-corrected chi connectivity index (χ3v) is 3.16. The summed E-state index contributed by atoms with van der Waals surface area (Å²) in [7, 11) is 0. The molecule has 0 spiro atoms. The molecule has 0 aliphatic heterocycles.